The van der Waals surface area contributed by atoms with Gasteiger partial charge in [0, 0.05) is 16.7 Å². The van der Waals surface area contributed by atoms with E-state index in [-0.39, 0.29) is 5.75 Å². The number of nitrogens with two attached hydrogens (primary N) is 1. The van der Waals surface area contributed by atoms with E-state index in [0.717, 1.165) is 38.8 Å². The fraction of sp³-hybridized carbons (Fsp3) is 0.625. The standard InChI is InChI=1S/C16H27BrN2O2S/c1-3-5-9-19(10-6-4-2)11-12-22(20,21)14-7-8-16(18)15(17)13-14/h7-8,13H,3-6,9-12,18H2,1-2H3. The van der Waals surface area contributed by atoms with E-state index in [1.165, 1.54) is 0 Å². The topological polar surface area (TPSA) is 63.4 Å². The molecule has 0 heterocycles. The first-order valence-electron chi connectivity index (χ1n) is 7.90. The zero-order valence-electron chi connectivity index (χ0n) is 13.5. The lowest BCUT2D eigenvalue weighted by atomic mass is 10.2. The third-order valence-electron chi connectivity index (χ3n) is 3.66. The zero-order chi connectivity index (χ0) is 16.6. The van der Waals surface area contributed by atoms with Crippen molar-refractivity contribution < 1.29 is 8.42 Å². The molecule has 0 radical (unpaired) electrons. The van der Waals surface area contributed by atoms with Crippen molar-refractivity contribution in [2.24, 2.45) is 0 Å². The number of rotatable bonds is 10. The van der Waals surface area contributed by atoms with Crippen LogP contribution in [0.3, 0.4) is 0 Å². The minimum Gasteiger partial charge on any atom is -0.398 e. The van der Waals surface area contributed by atoms with Gasteiger partial charge in [-0.2, -0.15) is 0 Å². The molecule has 0 saturated carbocycles. The Morgan fingerprint density at radius 2 is 1.68 bits per heavy atom. The van der Waals surface area contributed by atoms with Gasteiger partial charge in [0.05, 0.1) is 10.6 Å². The molecule has 22 heavy (non-hydrogen) atoms. The Morgan fingerprint density at radius 1 is 1.09 bits per heavy atom. The molecule has 0 unspecified atom stereocenters. The van der Waals surface area contributed by atoms with Gasteiger partial charge in [-0.15, -0.1) is 0 Å². The lowest BCUT2D eigenvalue weighted by molar-refractivity contribution is 0.280. The van der Waals surface area contributed by atoms with Gasteiger partial charge in [0.25, 0.3) is 0 Å². The van der Waals surface area contributed by atoms with Crippen LogP contribution in [0.1, 0.15) is 39.5 Å². The first kappa shape index (κ1) is 19.5. The van der Waals surface area contributed by atoms with E-state index in [0.29, 0.717) is 21.6 Å². The zero-order valence-corrected chi connectivity index (χ0v) is 15.9. The van der Waals surface area contributed by atoms with Crippen molar-refractivity contribution >= 4 is 31.5 Å². The molecule has 0 aromatic heterocycles. The lowest BCUT2D eigenvalue weighted by Crippen LogP contribution is -2.31. The molecule has 2 N–H and O–H groups in total. The summed E-state index contributed by atoms with van der Waals surface area (Å²) >= 11 is 3.29. The Kier molecular flexibility index (Phi) is 8.43. The number of hydrogen-bond donors (Lipinski definition) is 1. The van der Waals surface area contributed by atoms with Crippen molar-refractivity contribution in [1.82, 2.24) is 4.90 Å². The maximum absolute atomic E-state index is 12.5. The highest BCUT2D eigenvalue weighted by atomic mass is 79.9. The van der Waals surface area contributed by atoms with Crippen LogP contribution in [0.5, 0.6) is 0 Å². The van der Waals surface area contributed by atoms with Gasteiger partial charge in [-0.3, -0.25) is 0 Å². The van der Waals surface area contributed by atoms with Crippen LogP contribution in [0.25, 0.3) is 0 Å². The number of sulfone groups is 1. The smallest absolute Gasteiger partial charge is 0.179 e. The Bertz CT molecular complexity index is 553. The molecule has 0 aliphatic carbocycles. The van der Waals surface area contributed by atoms with Crippen LogP contribution in [0.2, 0.25) is 0 Å². The third kappa shape index (κ3) is 6.26. The molecule has 1 aromatic carbocycles. The molecule has 0 spiro atoms. The largest absolute Gasteiger partial charge is 0.398 e. The molecule has 126 valence electrons. The van der Waals surface area contributed by atoms with Crippen molar-refractivity contribution in [2.75, 3.05) is 31.1 Å². The summed E-state index contributed by atoms with van der Waals surface area (Å²) in [4.78, 5) is 2.59. The Hall–Kier alpha value is -0.590. The second-order valence-corrected chi connectivity index (χ2v) is 8.51. The first-order valence-corrected chi connectivity index (χ1v) is 10.3. The Balaban J connectivity index is 2.70. The predicted octanol–water partition coefficient (Wildman–Crippen LogP) is 3.71. The molecule has 0 atom stereocenters. The number of nitrogens with zero attached hydrogens (tertiary/aromatic N) is 1. The summed E-state index contributed by atoms with van der Waals surface area (Å²) < 4.78 is 25.5. The SMILES string of the molecule is CCCCN(CCCC)CCS(=O)(=O)c1ccc(N)c(Br)c1. The summed E-state index contributed by atoms with van der Waals surface area (Å²) in [5.41, 5.74) is 6.26. The van der Waals surface area contributed by atoms with E-state index in [1.54, 1.807) is 18.2 Å². The second kappa shape index (κ2) is 9.53. The van der Waals surface area contributed by atoms with E-state index >= 15 is 0 Å². The normalized spacial score (nSPS) is 12.0. The minimum atomic E-state index is -3.27. The first-order chi connectivity index (χ1) is 10.4. The second-order valence-electron chi connectivity index (χ2n) is 5.55. The summed E-state index contributed by atoms with van der Waals surface area (Å²) in [7, 11) is -3.27. The fourth-order valence-electron chi connectivity index (χ4n) is 2.17. The third-order valence-corrected chi connectivity index (χ3v) is 6.04. The Labute approximate surface area is 143 Å². The van der Waals surface area contributed by atoms with Crippen LogP contribution in [0, 0.1) is 0 Å². The lowest BCUT2D eigenvalue weighted by Gasteiger charge is -2.21. The maximum Gasteiger partial charge on any atom is 0.179 e. The van der Waals surface area contributed by atoms with Crippen molar-refractivity contribution in [2.45, 2.75) is 44.4 Å². The molecule has 0 saturated heterocycles. The van der Waals surface area contributed by atoms with E-state index < -0.39 is 9.84 Å². The molecule has 0 fully saturated rings. The van der Waals surface area contributed by atoms with Crippen LogP contribution in [-0.4, -0.2) is 38.7 Å². The molecule has 1 aromatic rings. The summed E-state index contributed by atoms with van der Waals surface area (Å²) in [6.45, 7) is 6.83. The number of halogens is 1. The molecule has 0 bridgehead atoms. The molecular formula is C16H27BrN2O2S. The summed E-state index contributed by atoms with van der Waals surface area (Å²) in [6, 6.07) is 4.80. The quantitative estimate of drug-likeness (QED) is 0.618. The number of benzene rings is 1. The number of hydrogen-bond acceptors (Lipinski definition) is 4. The number of nitrogen functional groups attached to an aromatic ring is 1. The van der Waals surface area contributed by atoms with Crippen molar-refractivity contribution in [3.63, 3.8) is 0 Å². The average Bonchev–Trinajstić information content (AvgIpc) is 2.49. The van der Waals surface area contributed by atoms with Gasteiger partial charge in [0.1, 0.15) is 0 Å². The number of anilines is 1. The van der Waals surface area contributed by atoms with Crippen molar-refractivity contribution in [3.05, 3.63) is 22.7 Å². The summed E-state index contributed by atoms with van der Waals surface area (Å²) in [6.07, 6.45) is 4.47. The molecule has 1 rings (SSSR count). The molecular weight excluding hydrogens is 364 g/mol. The van der Waals surface area contributed by atoms with Crippen LogP contribution in [0.4, 0.5) is 5.69 Å². The van der Waals surface area contributed by atoms with Gasteiger partial charge in [-0.1, -0.05) is 26.7 Å². The highest BCUT2D eigenvalue weighted by Crippen LogP contribution is 2.23. The predicted molar refractivity (Wildman–Crippen MR) is 96.9 cm³/mol. The van der Waals surface area contributed by atoms with Gasteiger partial charge in [0.15, 0.2) is 9.84 Å². The van der Waals surface area contributed by atoms with Crippen molar-refractivity contribution in [1.29, 1.82) is 0 Å². The van der Waals surface area contributed by atoms with Crippen LogP contribution in [-0.2, 0) is 9.84 Å². The molecule has 6 heteroatoms. The highest BCUT2D eigenvalue weighted by molar-refractivity contribution is 9.10. The fourth-order valence-corrected chi connectivity index (χ4v) is 4.00. The molecule has 4 nitrogen and oxygen atoms in total. The monoisotopic (exact) mass is 390 g/mol. The highest BCUT2D eigenvalue weighted by Gasteiger charge is 2.17. The van der Waals surface area contributed by atoms with E-state index in [1.807, 2.05) is 0 Å². The summed E-state index contributed by atoms with van der Waals surface area (Å²) in [5.74, 6) is 0.150. The van der Waals surface area contributed by atoms with Crippen LogP contribution >= 0.6 is 15.9 Å². The van der Waals surface area contributed by atoms with E-state index in [2.05, 4.69) is 34.7 Å². The molecule has 0 aliphatic heterocycles. The Morgan fingerprint density at radius 3 is 2.18 bits per heavy atom. The van der Waals surface area contributed by atoms with Gasteiger partial charge >= 0.3 is 0 Å². The van der Waals surface area contributed by atoms with Crippen LogP contribution < -0.4 is 5.73 Å². The van der Waals surface area contributed by atoms with Gasteiger partial charge in [0.2, 0.25) is 0 Å². The molecule has 0 amide bonds. The molecule has 0 aliphatic rings. The number of unbranched alkanes of at least 4 members (excludes halogenated alkanes) is 2. The van der Waals surface area contributed by atoms with Gasteiger partial charge < -0.3 is 10.6 Å². The van der Waals surface area contributed by atoms with Gasteiger partial charge in [-0.05, 0) is 60.1 Å². The van der Waals surface area contributed by atoms with Crippen LogP contribution in [0.15, 0.2) is 27.6 Å². The van der Waals surface area contributed by atoms with E-state index in [9.17, 15) is 8.42 Å². The maximum atomic E-state index is 12.5. The van der Waals surface area contributed by atoms with Gasteiger partial charge in [-0.25, -0.2) is 8.42 Å². The minimum absolute atomic E-state index is 0.150. The average molecular weight is 391 g/mol. The van der Waals surface area contributed by atoms with Crippen molar-refractivity contribution in [3.8, 4) is 0 Å². The summed E-state index contributed by atoms with van der Waals surface area (Å²) in [5, 5.41) is 0. The van der Waals surface area contributed by atoms with E-state index in [4.69, 9.17) is 5.73 Å².